The first kappa shape index (κ1) is 21.6. The lowest BCUT2D eigenvalue weighted by Gasteiger charge is -2.29. The number of rotatable bonds is 5. The van der Waals surface area contributed by atoms with E-state index in [1.807, 2.05) is 0 Å². The molecule has 1 fully saturated rings. The van der Waals surface area contributed by atoms with Crippen LogP contribution in [-0.2, 0) is 22.7 Å². The van der Waals surface area contributed by atoms with E-state index in [9.17, 15) is 28.0 Å². The molecule has 0 bridgehead atoms. The number of amides is 3. The second-order valence-corrected chi connectivity index (χ2v) is 7.89. The summed E-state index contributed by atoms with van der Waals surface area (Å²) in [4.78, 5) is 50.2. The zero-order chi connectivity index (χ0) is 22.8. The van der Waals surface area contributed by atoms with Gasteiger partial charge in [0.2, 0.25) is 0 Å². The molecule has 1 atom stereocenters. The molecule has 0 aromatic heterocycles. The topological polar surface area (TPSA) is 95.6 Å². The molecule has 32 heavy (non-hydrogen) atoms. The van der Waals surface area contributed by atoms with E-state index in [1.54, 1.807) is 18.2 Å². The van der Waals surface area contributed by atoms with Crippen LogP contribution in [0.3, 0.4) is 0 Å². The van der Waals surface area contributed by atoms with E-state index in [1.165, 1.54) is 29.2 Å². The van der Waals surface area contributed by atoms with Crippen molar-refractivity contribution >= 4 is 29.2 Å². The third-order valence-corrected chi connectivity index (χ3v) is 5.70. The molecule has 4 rings (SSSR count). The number of carbonyl (C=O) groups excluding carboxylic acids is 4. The number of ketones is 2. The first-order valence-corrected chi connectivity index (χ1v) is 10.2. The lowest BCUT2D eigenvalue weighted by Crippen LogP contribution is -2.44. The Morgan fingerprint density at radius 2 is 1.84 bits per heavy atom. The quantitative estimate of drug-likeness (QED) is 0.694. The van der Waals surface area contributed by atoms with Crippen LogP contribution >= 0.6 is 0 Å². The predicted molar refractivity (Wildman–Crippen MR) is 111 cm³/mol. The van der Waals surface area contributed by atoms with E-state index in [-0.39, 0.29) is 36.0 Å². The number of anilines is 1. The summed E-state index contributed by atoms with van der Waals surface area (Å²) in [5.41, 5.74) is 2.23. The van der Waals surface area contributed by atoms with Crippen molar-refractivity contribution in [3.05, 3.63) is 64.7 Å². The van der Waals surface area contributed by atoms with Gasteiger partial charge in [0.05, 0.1) is 12.5 Å². The molecule has 2 aromatic carbocycles. The fourth-order valence-corrected chi connectivity index (χ4v) is 3.99. The van der Waals surface area contributed by atoms with Gasteiger partial charge >= 0.3 is 6.03 Å². The number of carbonyl (C=O) groups is 4. The third kappa shape index (κ3) is 4.51. The smallest absolute Gasteiger partial charge is 0.319 e. The minimum absolute atomic E-state index is 0.0907. The maximum atomic E-state index is 12.9. The Balaban J connectivity index is 1.36. The van der Waals surface area contributed by atoms with Crippen LogP contribution < -0.4 is 10.6 Å². The van der Waals surface area contributed by atoms with Crippen molar-refractivity contribution in [2.24, 2.45) is 0 Å². The van der Waals surface area contributed by atoms with Gasteiger partial charge in [0.25, 0.3) is 12.3 Å². The maximum absolute atomic E-state index is 12.9. The predicted octanol–water partition coefficient (Wildman–Crippen LogP) is 3.59. The number of urea groups is 1. The van der Waals surface area contributed by atoms with Crippen LogP contribution in [-0.4, -0.2) is 34.4 Å². The Morgan fingerprint density at radius 1 is 1.09 bits per heavy atom. The highest BCUT2D eigenvalue weighted by molar-refractivity contribution is 6.07. The largest absolute Gasteiger partial charge is 0.334 e. The molecule has 1 unspecified atom stereocenters. The Labute approximate surface area is 182 Å². The van der Waals surface area contributed by atoms with Crippen LogP contribution in [0.25, 0.3) is 0 Å². The molecule has 9 heteroatoms. The normalized spacial score (nSPS) is 18.2. The molecule has 3 amide bonds. The van der Waals surface area contributed by atoms with Crippen LogP contribution in [0.15, 0.2) is 42.5 Å². The molecule has 0 spiro atoms. The van der Waals surface area contributed by atoms with E-state index in [4.69, 9.17) is 0 Å². The van der Waals surface area contributed by atoms with Gasteiger partial charge < -0.3 is 15.5 Å². The Kier molecular flexibility index (Phi) is 5.98. The average Bonchev–Trinajstić information content (AvgIpc) is 3.08. The molecule has 1 aliphatic heterocycles. The Hall–Kier alpha value is -3.62. The van der Waals surface area contributed by atoms with Crippen molar-refractivity contribution in [3.8, 4) is 0 Å². The van der Waals surface area contributed by atoms with E-state index in [0.29, 0.717) is 36.2 Å². The number of hydrogen-bond acceptors (Lipinski definition) is 4. The molecule has 7 nitrogen and oxygen atoms in total. The number of hydrogen-bond donors (Lipinski definition) is 2. The zero-order valence-corrected chi connectivity index (χ0v) is 17.1. The van der Waals surface area contributed by atoms with Gasteiger partial charge in [0.1, 0.15) is 5.78 Å². The second-order valence-electron chi connectivity index (χ2n) is 7.89. The summed E-state index contributed by atoms with van der Waals surface area (Å²) in [6.07, 6.45) is -2.05. The lowest BCUT2D eigenvalue weighted by atomic mass is 9.92. The van der Waals surface area contributed by atoms with E-state index < -0.39 is 18.5 Å². The molecule has 2 N–H and O–H groups in total. The molecule has 1 saturated carbocycles. The molecule has 0 radical (unpaired) electrons. The van der Waals surface area contributed by atoms with Crippen LogP contribution in [0.4, 0.5) is 19.3 Å². The van der Waals surface area contributed by atoms with E-state index in [0.717, 1.165) is 5.56 Å². The number of fused-ring (bicyclic) bond motifs is 1. The Morgan fingerprint density at radius 3 is 2.53 bits per heavy atom. The van der Waals surface area contributed by atoms with Gasteiger partial charge in [0.15, 0.2) is 5.78 Å². The highest BCUT2D eigenvalue weighted by Gasteiger charge is 2.38. The number of nitrogens with one attached hydrogen (secondary N) is 2. The molecule has 1 heterocycles. The van der Waals surface area contributed by atoms with Crippen LogP contribution in [0.5, 0.6) is 0 Å². The van der Waals surface area contributed by atoms with Gasteiger partial charge in [-0.15, -0.1) is 0 Å². The maximum Gasteiger partial charge on any atom is 0.319 e. The van der Waals surface area contributed by atoms with E-state index in [2.05, 4.69) is 10.6 Å². The first-order valence-electron chi connectivity index (χ1n) is 10.2. The van der Waals surface area contributed by atoms with Crippen molar-refractivity contribution in [1.82, 2.24) is 10.2 Å². The molecular weight excluding hydrogens is 420 g/mol. The fraction of sp³-hybridized carbons (Fsp3) is 0.304. The summed E-state index contributed by atoms with van der Waals surface area (Å²) in [6, 6.07) is 9.46. The van der Waals surface area contributed by atoms with Gasteiger partial charge in [-0.2, -0.15) is 0 Å². The van der Waals surface area contributed by atoms with Gasteiger partial charge in [-0.1, -0.05) is 24.3 Å². The molecule has 1 aliphatic carbocycles. The molecule has 166 valence electrons. The highest BCUT2D eigenvalue weighted by atomic mass is 19.3. The van der Waals surface area contributed by atoms with Crippen molar-refractivity contribution < 1.29 is 28.0 Å². The average molecular weight is 441 g/mol. The molecular formula is C23H21F2N3O4. The second kappa shape index (κ2) is 8.86. The number of halogens is 2. The Bertz CT molecular complexity index is 1090. The monoisotopic (exact) mass is 441 g/mol. The molecule has 2 aliphatic rings. The van der Waals surface area contributed by atoms with Crippen LogP contribution in [0.1, 0.15) is 52.7 Å². The summed E-state index contributed by atoms with van der Waals surface area (Å²) >= 11 is 0. The summed E-state index contributed by atoms with van der Waals surface area (Å²) in [6.45, 7) is 0.472. The number of Topliss-reactive ketones (excluding diaryl/α,β-unsaturated/α-hetero) is 2. The standard InChI is InChI=1S/C23H21F2N3O4/c24-21(25)14-3-5-16(6-4-14)27-23(32)26-11-13-1-2-15-12-28(22(31)18(15)9-13)19-8-7-17(29)10-20(19)30/h1-6,9,19,21H,7-8,10-12H2,(H2,26,27,32). The van der Waals surface area contributed by atoms with Crippen LogP contribution in [0.2, 0.25) is 0 Å². The SMILES string of the molecule is O=C1CCC(N2Cc3ccc(CNC(=O)Nc4ccc(C(F)F)cc4)cc3C2=O)C(=O)C1. The number of nitrogens with zero attached hydrogens (tertiary/aromatic N) is 1. The zero-order valence-electron chi connectivity index (χ0n) is 17.1. The van der Waals surface area contributed by atoms with Gasteiger partial charge in [0, 0.05) is 36.3 Å². The summed E-state index contributed by atoms with van der Waals surface area (Å²) in [7, 11) is 0. The van der Waals surface area contributed by atoms with Gasteiger partial charge in [-0.3, -0.25) is 14.4 Å². The first-order chi connectivity index (χ1) is 15.3. The van der Waals surface area contributed by atoms with Crippen molar-refractivity contribution in [2.45, 2.75) is 44.8 Å². The van der Waals surface area contributed by atoms with Gasteiger partial charge in [-0.25, -0.2) is 13.6 Å². The summed E-state index contributed by atoms with van der Waals surface area (Å²) < 4.78 is 25.2. The highest BCUT2D eigenvalue weighted by Crippen LogP contribution is 2.29. The third-order valence-electron chi connectivity index (χ3n) is 5.70. The minimum atomic E-state index is -2.57. The fourth-order valence-electron chi connectivity index (χ4n) is 3.99. The lowest BCUT2D eigenvalue weighted by molar-refractivity contribution is -0.133. The van der Waals surface area contributed by atoms with Crippen molar-refractivity contribution in [2.75, 3.05) is 5.32 Å². The number of alkyl halides is 2. The number of benzene rings is 2. The van der Waals surface area contributed by atoms with Crippen molar-refractivity contribution in [1.29, 1.82) is 0 Å². The minimum Gasteiger partial charge on any atom is -0.334 e. The molecule has 0 saturated heterocycles. The van der Waals surface area contributed by atoms with Crippen LogP contribution in [0, 0.1) is 0 Å². The summed E-state index contributed by atoms with van der Waals surface area (Å²) in [5.74, 6) is -0.562. The van der Waals surface area contributed by atoms with Gasteiger partial charge in [-0.05, 0) is 35.7 Å². The van der Waals surface area contributed by atoms with Crippen molar-refractivity contribution in [3.63, 3.8) is 0 Å². The summed E-state index contributed by atoms with van der Waals surface area (Å²) in [5, 5.41) is 5.23. The van der Waals surface area contributed by atoms with E-state index >= 15 is 0 Å². The molecule has 2 aromatic rings.